The third kappa shape index (κ3) is 4.39. The average molecular weight is 290 g/mol. The van der Waals surface area contributed by atoms with Crippen molar-refractivity contribution in [1.29, 1.82) is 0 Å². The molecule has 0 radical (unpaired) electrons. The topological polar surface area (TPSA) is 74.6 Å². The molecule has 0 aliphatic carbocycles. The van der Waals surface area contributed by atoms with Crippen LogP contribution < -0.4 is 0 Å². The minimum absolute atomic E-state index is 0. The Balaban J connectivity index is 0.00000324. The number of carboxylic acids is 2. The molecule has 1 aromatic rings. The number of carbonyl (C=O) groups is 2. The normalized spacial score (nSPS) is 10.6. The molecule has 0 atom stereocenters. The van der Waals surface area contributed by atoms with Gasteiger partial charge in [-0.2, -0.15) is 0 Å². The van der Waals surface area contributed by atoms with Crippen LogP contribution in [0.4, 0.5) is 0 Å². The monoisotopic (exact) mass is 290 g/mol. The van der Waals surface area contributed by atoms with Gasteiger partial charge in [-0.3, -0.25) is 9.59 Å². The summed E-state index contributed by atoms with van der Waals surface area (Å²) in [7, 11) is 0. The Morgan fingerprint density at radius 3 is 2.00 bits per heavy atom. The molecule has 2 N–H and O–H groups in total. The average Bonchev–Trinajstić information content (AvgIpc) is 2.35. The van der Waals surface area contributed by atoms with Gasteiger partial charge in [0, 0.05) is 0 Å². The Bertz CT molecular complexity index is 403. The molecule has 0 fully saturated rings. The summed E-state index contributed by atoms with van der Waals surface area (Å²) in [5.74, 6) is -2.59. The van der Waals surface area contributed by atoms with E-state index in [4.69, 9.17) is 0 Å². The van der Waals surface area contributed by atoms with Gasteiger partial charge in [0.2, 0.25) is 0 Å². The van der Waals surface area contributed by atoms with Crippen molar-refractivity contribution in [2.45, 2.75) is 38.0 Å². The number of hydrogen-bond donors (Lipinski definition) is 2. The van der Waals surface area contributed by atoms with Crippen LogP contribution in [0.2, 0.25) is 0 Å². The second-order valence-corrected chi connectivity index (χ2v) is 4.34. The van der Waals surface area contributed by atoms with Gasteiger partial charge in [0.25, 0.3) is 0 Å². The van der Waals surface area contributed by atoms with E-state index in [1.165, 1.54) is 0 Å². The fraction of sp³-hybridized carbons (Fsp3) is 0.429. The van der Waals surface area contributed by atoms with Crippen molar-refractivity contribution < 1.29 is 19.8 Å². The first-order valence-electron chi connectivity index (χ1n) is 6.08. The summed E-state index contributed by atoms with van der Waals surface area (Å²) in [5.41, 5.74) is -1.49. The number of aliphatic carboxylic acids is 2. The van der Waals surface area contributed by atoms with E-state index in [2.05, 4.69) is 0 Å². The van der Waals surface area contributed by atoms with Crippen molar-refractivity contribution in [1.82, 2.24) is 0 Å². The van der Waals surface area contributed by atoms with E-state index < -0.39 is 17.4 Å². The SMILES string of the molecule is CCCCCC(C(=O)O)(C(=O)O)c1ccccc1.[KH]. The number of benzene rings is 1. The van der Waals surface area contributed by atoms with Crippen LogP contribution >= 0.6 is 0 Å². The number of rotatable bonds is 7. The Labute approximate surface area is 155 Å². The third-order valence-corrected chi connectivity index (χ3v) is 3.15. The summed E-state index contributed by atoms with van der Waals surface area (Å²) in [5, 5.41) is 18.7. The maximum absolute atomic E-state index is 11.5. The predicted octanol–water partition coefficient (Wildman–Crippen LogP) is 2.03. The van der Waals surface area contributed by atoms with Gasteiger partial charge in [-0.25, -0.2) is 0 Å². The Kier molecular flexibility index (Phi) is 8.77. The van der Waals surface area contributed by atoms with Gasteiger partial charge >= 0.3 is 63.3 Å². The molecular weight excluding hydrogens is 271 g/mol. The van der Waals surface area contributed by atoms with Gasteiger partial charge < -0.3 is 10.2 Å². The zero-order chi connectivity index (χ0) is 13.6. The minimum atomic E-state index is -1.82. The van der Waals surface area contributed by atoms with Gasteiger partial charge in [0.15, 0.2) is 5.41 Å². The zero-order valence-electron chi connectivity index (χ0n) is 10.4. The second-order valence-electron chi connectivity index (χ2n) is 4.34. The zero-order valence-corrected chi connectivity index (χ0v) is 10.4. The standard InChI is InChI=1S/C14H18O4.K.H/c1-2-3-7-10-14(12(15)16,13(17)18)11-8-5-4-6-9-11;;/h4-6,8-9H,2-3,7,10H2,1H3,(H,15,16)(H,17,18);;. The molecule has 0 saturated heterocycles. The van der Waals surface area contributed by atoms with Gasteiger partial charge in [0.1, 0.15) is 0 Å². The van der Waals surface area contributed by atoms with Crippen LogP contribution in [0.5, 0.6) is 0 Å². The molecule has 5 heteroatoms. The van der Waals surface area contributed by atoms with Crippen molar-refractivity contribution in [2.75, 3.05) is 0 Å². The van der Waals surface area contributed by atoms with Crippen LogP contribution in [0.1, 0.15) is 38.2 Å². The quantitative estimate of drug-likeness (QED) is 0.458. The van der Waals surface area contributed by atoms with Crippen LogP contribution in [0.25, 0.3) is 0 Å². The van der Waals surface area contributed by atoms with Crippen LogP contribution in [-0.2, 0) is 15.0 Å². The Morgan fingerprint density at radius 2 is 1.58 bits per heavy atom. The molecule has 0 aromatic heterocycles. The predicted molar refractivity (Wildman–Crippen MR) is 74.7 cm³/mol. The summed E-state index contributed by atoms with van der Waals surface area (Å²) < 4.78 is 0. The van der Waals surface area contributed by atoms with E-state index in [1.54, 1.807) is 30.3 Å². The number of unbranched alkanes of at least 4 members (excludes halogenated alkanes) is 2. The van der Waals surface area contributed by atoms with Crippen molar-refractivity contribution in [3.63, 3.8) is 0 Å². The number of carboxylic acid groups (broad SMARTS) is 2. The summed E-state index contributed by atoms with van der Waals surface area (Å²) in [6, 6.07) is 8.19. The van der Waals surface area contributed by atoms with Crippen molar-refractivity contribution in [3.8, 4) is 0 Å². The Morgan fingerprint density at radius 1 is 1.05 bits per heavy atom. The molecule has 0 aliphatic rings. The van der Waals surface area contributed by atoms with E-state index in [-0.39, 0.29) is 57.8 Å². The summed E-state index contributed by atoms with van der Waals surface area (Å²) in [6.45, 7) is 1.99. The van der Waals surface area contributed by atoms with E-state index in [1.807, 2.05) is 6.92 Å². The first-order valence-corrected chi connectivity index (χ1v) is 6.08. The molecule has 0 aliphatic heterocycles. The molecule has 19 heavy (non-hydrogen) atoms. The van der Waals surface area contributed by atoms with Gasteiger partial charge in [0.05, 0.1) is 0 Å². The molecule has 0 bridgehead atoms. The molecule has 0 amide bonds. The van der Waals surface area contributed by atoms with Crippen LogP contribution in [0, 0.1) is 0 Å². The molecule has 1 rings (SSSR count). The molecule has 0 spiro atoms. The van der Waals surface area contributed by atoms with Crippen LogP contribution in [0.3, 0.4) is 0 Å². The number of hydrogen-bond acceptors (Lipinski definition) is 2. The summed E-state index contributed by atoms with van der Waals surface area (Å²) >= 11 is 0. The van der Waals surface area contributed by atoms with Crippen molar-refractivity contribution >= 4 is 63.3 Å². The molecule has 0 unspecified atom stereocenters. The molecule has 4 nitrogen and oxygen atoms in total. The molecule has 0 heterocycles. The van der Waals surface area contributed by atoms with E-state index in [9.17, 15) is 19.8 Å². The fourth-order valence-corrected chi connectivity index (χ4v) is 2.06. The van der Waals surface area contributed by atoms with Crippen molar-refractivity contribution in [3.05, 3.63) is 35.9 Å². The summed E-state index contributed by atoms with van der Waals surface area (Å²) in [6.07, 6.45) is 2.46. The second kappa shape index (κ2) is 8.87. The molecule has 100 valence electrons. The third-order valence-electron chi connectivity index (χ3n) is 3.15. The maximum atomic E-state index is 11.5. The molecule has 1 aromatic carbocycles. The van der Waals surface area contributed by atoms with Gasteiger partial charge in [-0.15, -0.1) is 0 Å². The van der Waals surface area contributed by atoms with E-state index in [0.29, 0.717) is 12.0 Å². The summed E-state index contributed by atoms with van der Waals surface area (Å²) in [4.78, 5) is 23.0. The fourth-order valence-electron chi connectivity index (χ4n) is 2.06. The molecular formula is C14H19KO4. The van der Waals surface area contributed by atoms with Gasteiger partial charge in [-0.1, -0.05) is 56.5 Å². The molecule has 0 saturated carbocycles. The van der Waals surface area contributed by atoms with Crippen molar-refractivity contribution in [2.24, 2.45) is 0 Å². The van der Waals surface area contributed by atoms with E-state index >= 15 is 0 Å². The first kappa shape index (κ1) is 18.8. The van der Waals surface area contributed by atoms with Crippen LogP contribution in [-0.4, -0.2) is 73.5 Å². The van der Waals surface area contributed by atoms with E-state index in [0.717, 1.165) is 12.8 Å². The van der Waals surface area contributed by atoms with Gasteiger partial charge in [-0.05, 0) is 12.0 Å². The van der Waals surface area contributed by atoms with Crippen LogP contribution in [0.15, 0.2) is 30.3 Å². The first-order chi connectivity index (χ1) is 8.55. The Hall–Kier alpha value is -0.204.